The Morgan fingerprint density at radius 1 is 1.32 bits per heavy atom. The fourth-order valence-electron chi connectivity index (χ4n) is 3.23. The van der Waals surface area contributed by atoms with E-state index in [1.165, 1.54) is 25.7 Å². The van der Waals surface area contributed by atoms with Gasteiger partial charge in [-0.05, 0) is 38.0 Å². The van der Waals surface area contributed by atoms with Gasteiger partial charge in [-0.15, -0.1) is 0 Å². The number of aromatic nitrogens is 2. The molecule has 0 atom stereocenters. The van der Waals surface area contributed by atoms with Crippen LogP contribution in [0.5, 0.6) is 0 Å². The van der Waals surface area contributed by atoms with Crippen molar-refractivity contribution in [1.29, 1.82) is 0 Å². The second-order valence-electron chi connectivity index (χ2n) is 6.08. The van der Waals surface area contributed by atoms with Gasteiger partial charge in [0.1, 0.15) is 5.82 Å². The highest BCUT2D eigenvalue weighted by atomic mass is 15.4. The van der Waals surface area contributed by atoms with Crippen LogP contribution in [0.2, 0.25) is 0 Å². The van der Waals surface area contributed by atoms with Crippen LogP contribution in [0.15, 0.2) is 0 Å². The first-order valence-electron chi connectivity index (χ1n) is 7.58. The van der Waals surface area contributed by atoms with Gasteiger partial charge in [-0.3, -0.25) is 4.68 Å². The topological polar surface area (TPSA) is 47.1 Å². The molecule has 2 rings (SSSR count). The molecule has 0 radical (unpaired) electrons. The van der Waals surface area contributed by atoms with Gasteiger partial charge in [-0.1, -0.05) is 20.3 Å². The van der Waals surface area contributed by atoms with Gasteiger partial charge in [-0.25, -0.2) is 0 Å². The van der Waals surface area contributed by atoms with Crippen molar-refractivity contribution >= 4 is 11.5 Å². The predicted octanol–water partition coefficient (Wildman–Crippen LogP) is 2.97. The summed E-state index contributed by atoms with van der Waals surface area (Å²) in [5, 5.41) is 4.58. The molecule has 1 aromatic rings. The molecule has 2 N–H and O–H groups in total. The van der Waals surface area contributed by atoms with Crippen molar-refractivity contribution < 1.29 is 0 Å². The van der Waals surface area contributed by atoms with E-state index in [1.807, 2.05) is 11.7 Å². The van der Waals surface area contributed by atoms with E-state index in [0.29, 0.717) is 6.04 Å². The molecule has 0 amide bonds. The van der Waals surface area contributed by atoms with Crippen molar-refractivity contribution in [3.05, 3.63) is 5.69 Å². The molecule has 0 unspecified atom stereocenters. The average Bonchev–Trinajstić information content (AvgIpc) is 2.65. The third kappa shape index (κ3) is 2.88. The maximum absolute atomic E-state index is 6.30. The zero-order valence-electron chi connectivity index (χ0n) is 12.8. The van der Waals surface area contributed by atoms with E-state index >= 15 is 0 Å². The van der Waals surface area contributed by atoms with Gasteiger partial charge in [0.15, 0.2) is 0 Å². The summed E-state index contributed by atoms with van der Waals surface area (Å²) < 4.78 is 1.96. The summed E-state index contributed by atoms with van der Waals surface area (Å²) in [4.78, 5) is 2.35. The second-order valence-corrected chi connectivity index (χ2v) is 6.08. The fourth-order valence-corrected chi connectivity index (χ4v) is 3.23. The Morgan fingerprint density at radius 3 is 2.53 bits per heavy atom. The molecule has 4 nitrogen and oxygen atoms in total. The molecule has 0 aliphatic heterocycles. The predicted molar refractivity (Wildman–Crippen MR) is 81.4 cm³/mol. The molecule has 1 aliphatic rings. The van der Waals surface area contributed by atoms with Gasteiger partial charge in [0.05, 0.1) is 11.4 Å². The summed E-state index contributed by atoms with van der Waals surface area (Å²) in [6.07, 6.45) is 7.25. The Kier molecular flexibility index (Phi) is 4.38. The van der Waals surface area contributed by atoms with Gasteiger partial charge < -0.3 is 10.6 Å². The summed E-state index contributed by atoms with van der Waals surface area (Å²) in [7, 11) is 4.18. The Morgan fingerprint density at radius 2 is 1.95 bits per heavy atom. The first kappa shape index (κ1) is 14.2. The number of aryl methyl sites for hydroxylation is 2. The van der Waals surface area contributed by atoms with Crippen molar-refractivity contribution in [2.45, 2.75) is 58.4 Å². The summed E-state index contributed by atoms with van der Waals surface area (Å²) in [5.41, 5.74) is 8.23. The quantitative estimate of drug-likeness (QED) is 0.909. The minimum absolute atomic E-state index is 0.614. The molecule has 4 heteroatoms. The highest BCUT2D eigenvalue weighted by Gasteiger charge is 2.26. The molecule has 1 heterocycles. The number of nitrogens with two attached hydrogens (primary N) is 1. The summed E-state index contributed by atoms with van der Waals surface area (Å²) >= 11 is 0. The van der Waals surface area contributed by atoms with E-state index in [0.717, 1.165) is 36.0 Å². The number of hydrogen-bond acceptors (Lipinski definition) is 3. The first-order valence-corrected chi connectivity index (χ1v) is 7.58. The van der Waals surface area contributed by atoms with Crippen molar-refractivity contribution in [3.8, 4) is 0 Å². The highest BCUT2D eigenvalue weighted by molar-refractivity contribution is 5.66. The third-order valence-corrected chi connectivity index (χ3v) is 4.48. The van der Waals surface area contributed by atoms with Crippen LogP contribution >= 0.6 is 0 Å². The Balaban J connectivity index is 2.16. The van der Waals surface area contributed by atoms with Gasteiger partial charge in [0.25, 0.3) is 0 Å². The molecule has 1 aliphatic carbocycles. The lowest BCUT2D eigenvalue weighted by Gasteiger charge is -2.35. The number of nitrogen functional groups attached to an aromatic ring is 1. The van der Waals surface area contributed by atoms with Crippen LogP contribution < -0.4 is 10.6 Å². The lowest BCUT2D eigenvalue weighted by Crippen LogP contribution is -2.36. The monoisotopic (exact) mass is 264 g/mol. The molecular weight excluding hydrogens is 236 g/mol. The summed E-state index contributed by atoms with van der Waals surface area (Å²) in [6.45, 7) is 4.52. The maximum Gasteiger partial charge on any atom is 0.150 e. The van der Waals surface area contributed by atoms with Crippen molar-refractivity contribution in [2.24, 2.45) is 13.0 Å². The Hall–Kier alpha value is -1.19. The normalized spacial score (nSPS) is 23.6. The number of anilines is 2. The number of hydrogen-bond donors (Lipinski definition) is 1. The molecule has 108 valence electrons. The lowest BCUT2D eigenvalue weighted by atomic mass is 9.87. The van der Waals surface area contributed by atoms with Gasteiger partial charge >= 0.3 is 0 Å². The zero-order valence-corrected chi connectivity index (χ0v) is 12.8. The molecule has 0 spiro atoms. The lowest BCUT2D eigenvalue weighted by molar-refractivity contribution is 0.339. The van der Waals surface area contributed by atoms with Crippen molar-refractivity contribution in [2.75, 3.05) is 17.7 Å². The fraction of sp³-hybridized carbons (Fsp3) is 0.800. The van der Waals surface area contributed by atoms with Crippen molar-refractivity contribution in [3.63, 3.8) is 0 Å². The van der Waals surface area contributed by atoms with Crippen LogP contribution in [-0.2, 0) is 13.5 Å². The molecule has 1 saturated carbocycles. The molecule has 1 aromatic heterocycles. The maximum atomic E-state index is 6.30. The van der Waals surface area contributed by atoms with Crippen molar-refractivity contribution in [1.82, 2.24) is 9.78 Å². The van der Waals surface area contributed by atoms with E-state index in [1.54, 1.807) is 0 Å². The van der Waals surface area contributed by atoms with Crippen LogP contribution in [-0.4, -0.2) is 22.9 Å². The van der Waals surface area contributed by atoms with Gasteiger partial charge in [0.2, 0.25) is 0 Å². The standard InChI is InChI=1S/C15H28N4/c1-5-6-13-14(16)15(19(4)17-13)18(3)12-9-7-11(2)8-10-12/h11-12H,5-10,16H2,1-4H3. The van der Waals surface area contributed by atoms with Crippen LogP contribution in [0, 0.1) is 5.92 Å². The first-order chi connectivity index (χ1) is 9.04. The van der Waals surface area contributed by atoms with Crippen LogP contribution in [0.3, 0.4) is 0 Å². The molecule has 0 aromatic carbocycles. The van der Waals surface area contributed by atoms with Gasteiger partial charge in [0, 0.05) is 20.1 Å². The zero-order chi connectivity index (χ0) is 14.0. The molecule has 19 heavy (non-hydrogen) atoms. The number of nitrogens with zero attached hydrogens (tertiary/aromatic N) is 3. The van der Waals surface area contributed by atoms with E-state index in [2.05, 4.69) is 30.9 Å². The largest absolute Gasteiger partial charge is 0.394 e. The SMILES string of the molecule is CCCc1nn(C)c(N(C)C2CCC(C)CC2)c1N. The van der Waals surface area contributed by atoms with Crippen LogP contribution in [0.25, 0.3) is 0 Å². The second kappa shape index (κ2) is 5.85. The molecule has 0 saturated heterocycles. The Labute approximate surface area is 117 Å². The minimum Gasteiger partial charge on any atom is -0.394 e. The summed E-state index contributed by atoms with van der Waals surface area (Å²) in [6, 6.07) is 0.614. The van der Waals surface area contributed by atoms with Gasteiger partial charge in [-0.2, -0.15) is 5.10 Å². The van der Waals surface area contributed by atoms with E-state index in [-0.39, 0.29) is 0 Å². The molecular formula is C15H28N4. The average molecular weight is 264 g/mol. The van der Waals surface area contributed by atoms with Crippen LogP contribution in [0.1, 0.15) is 51.6 Å². The minimum atomic E-state index is 0.614. The molecule has 1 fully saturated rings. The van der Waals surface area contributed by atoms with E-state index < -0.39 is 0 Å². The van der Waals surface area contributed by atoms with Crippen LogP contribution in [0.4, 0.5) is 11.5 Å². The third-order valence-electron chi connectivity index (χ3n) is 4.48. The highest BCUT2D eigenvalue weighted by Crippen LogP contribution is 2.33. The smallest absolute Gasteiger partial charge is 0.150 e. The van der Waals surface area contributed by atoms with E-state index in [4.69, 9.17) is 5.73 Å². The Bertz CT molecular complexity index is 416. The number of rotatable bonds is 4. The summed E-state index contributed by atoms with van der Waals surface area (Å²) in [5.74, 6) is 1.98. The molecule has 0 bridgehead atoms. The van der Waals surface area contributed by atoms with E-state index in [9.17, 15) is 0 Å².